The van der Waals surface area contributed by atoms with Gasteiger partial charge in [0.15, 0.2) is 5.81 Å². The van der Waals surface area contributed by atoms with E-state index in [0.717, 1.165) is 5.56 Å². The van der Waals surface area contributed by atoms with E-state index >= 15 is 0 Å². The third kappa shape index (κ3) is 16.1. The summed E-state index contributed by atoms with van der Waals surface area (Å²) in [5, 5.41) is 52.0. The van der Waals surface area contributed by atoms with Crippen LogP contribution in [0.1, 0.15) is 5.56 Å². The second-order valence-electron chi connectivity index (χ2n) is 9.49. The largest absolute Gasteiger partial charge is 0.437 e. The zero-order valence-electron chi connectivity index (χ0n) is 23.1. The number of benzene rings is 1. The Hall–Kier alpha value is -1.97. The van der Waals surface area contributed by atoms with Crippen LogP contribution in [0.5, 0.6) is 0 Å². The van der Waals surface area contributed by atoms with Gasteiger partial charge < -0.3 is 36.1 Å². The second-order valence-corrected chi connectivity index (χ2v) is 9.49. The summed E-state index contributed by atoms with van der Waals surface area (Å²) in [4.78, 5) is 26.7. The number of hydrogen-bond acceptors (Lipinski definition) is 11. The smallest absolute Gasteiger partial charge is 0.373 e. The predicted octanol–water partition coefficient (Wildman–Crippen LogP) is -2.45. The van der Waals surface area contributed by atoms with E-state index in [1.54, 1.807) is 32.6 Å². The predicted molar refractivity (Wildman–Crippen MR) is 156 cm³/mol. The van der Waals surface area contributed by atoms with Gasteiger partial charge in [-0.3, -0.25) is 24.7 Å². The summed E-state index contributed by atoms with van der Waals surface area (Å²) in [6.45, 7) is 10.2. The Morgan fingerprint density at radius 3 is 1.84 bits per heavy atom. The summed E-state index contributed by atoms with van der Waals surface area (Å²) >= 11 is 0. The van der Waals surface area contributed by atoms with Crippen molar-refractivity contribution in [3.05, 3.63) is 39.9 Å². The zero-order valence-corrected chi connectivity index (χ0v) is 23.1. The van der Waals surface area contributed by atoms with Crippen molar-refractivity contribution in [3.8, 4) is 0 Å². The van der Waals surface area contributed by atoms with Crippen LogP contribution < -0.4 is 21.0 Å². The number of nitrogens with one attached hydrogen (secondary N) is 4. The molecule has 38 heavy (non-hydrogen) atoms. The molecule has 13 nitrogen and oxygen atoms in total. The lowest BCUT2D eigenvalue weighted by Gasteiger charge is -2.36. The van der Waals surface area contributed by atoms with Crippen molar-refractivity contribution in [2.75, 3.05) is 58.9 Å². The van der Waals surface area contributed by atoms with E-state index in [0.29, 0.717) is 65.3 Å². The first-order valence-corrected chi connectivity index (χ1v) is 13.2. The van der Waals surface area contributed by atoms with Gasteiger partial charge in [-0.05, 0) is 52.1 Å². The zero-order chi connectivity index (χ0) is 28.5. The molecule has 0 aliphatic carbocycles. The molecule has 0 aliphatic heterocycles. The van der Waals surface area contributed by atoms with E-state index in [9.17, 15) is 30.0 Å². The number of amides is 1. The van der Waals surface area contributed by atoms with Gasteiger partial charge in [-0.15, -0.1) is 0 Å². The molecule has 0 bridgehead atoms. The molecule has 0 spiro atoms. The quantitative estimate of drug-likeness (QED) is 0.0508. The summed E-state index contributed by atoms with van der Waals surface area (Å²) < 4.78 is 0. The van der Waals surface area contributed by atoms with Crippen molar-refractivity contribution < 1.29 is 24.8 Å². The number of hydrogen-bond donors (Lipinski definition) is 7. The Morgan fingerprint density at radius 1 is 0.921 bits per heavy atom. The number of rotatable bonds is 21. The molecule has 0 aromatic heterocycles. The van der Waals surface area contributed by atoms with E-state index in [-0.39, 0.29) is 17.5 Å². The average molecular weight is 533 g/mol. The number of non-ortho nitro benzene ring substituents is 1. The highest BCUT2D eigenvalue weighted by Gasteiger charge is 2.23. The first-order valence-electron chi connectivity index (χ1n) is 13.2. The maximum Gasteiger partial charge on any atom is 0.373 e. The van der Waals surface area contributed by atoms with E-state index < -0.39 is 26.1 Å². The molecular formula is C21H43B4N7O6. The lowest BCUT2D eigenvalue weighted by molar-refractivity contribution is -0.384. The van der Waals surface area contributed by atoms with Crippen LogP contribution in [0.4, 0.5) is 10.5 Å². The fraction of sp³-hybridized carbons (Fsp3) is 0.667. The summed E-state index contributed by atoms with van der Waals surface area (Å²) in [6.07, 6.45) is 0.608. The van der Waals surface area contributed by atoms with Gasteiger partial charge >= 0.3 is 21.2 Å². The summed E-state index contributed by atoms with van der Waals surface area (Å²) in [7, 11) is -0.456. The fourth-order valence-corrected chi connectivity index (χ4v) is 4.06. The van der Waals surface area contributed by atoms with E-state index in [4.69, 9.17) is 0 Å². The van der Waals surface area contributed by atoms with Crippen LogP contribution in [-0.2, 0) is 6.42 Å². The molecule has 1 amide bonds. The summed E-state index contributed by atoms with van der Waals surface area (Å²) in [5.74, 6) is -0.117. The number of nitro groups is 1. The molecule has 0 radical (unpaired) electrons. The van der Waals surface area contributed by atoms with Crippen molar-refractivity contribution in [2.45, 2.75) is 32.9 Å². The third-order valence-corrected chi connectivity index (χ3v) is 5.95. The monoisotopic (exact) mass is 533 g/mol. The van der Waals surface area contributed by atoms with Crippen molar-refractivity contribution in [1.29, 1.82) is 0 Å². The minimum atomic E-state index is -0.657. The molecule has 1 aromatic rings. The highest BCUT2D eigenvalue weighted by atomic mass is 16.6. The van der Waals surface area contributed by atoms with Crippen molar-refractivity contribution >= 4 is 40.5 Å². The molecule has 0 aliphatic rings. The fourth-order valence-electron chi connectivity index (χ4n) is 4.06. The van der Waals surface area contributed by atoms with E-state index in [2.05, 4.69) is 30.8 Å². The Labute approximate surface area is 228 Å². The molecule has 0 saturated carbocycles. The average Bonchev–Trinajstić information content (AvgIpc) is 2.82. The van der Waals surface area contributed by atoms with Crippen LogP contribution >= 0.6 is 0 Å². The maximum atomic E-state index is 11.5. The number of nitrogens with zero attached hydrogens (tertiary/aromatic N) is 3. The number of carbonyl (C=O) groups is 1. The van der Waals surface area contributed by atoms with Crippen LogP contribution in [0.3, 0.4) is 0 Å². The SMILES string of the molecule is BC(=O)NCCN(CCNB(C)O)C(Cc1ccc([N+](=O)[O-])cc1)CN(CCNB(C)O)CCNB(C)O. The first-order chi connectivity index (χ1) is 18.0. The molecule has 0 saturated heterocycles. The van der Waals surface area contributed by atoms with E-state index in [1.807, 2.05) is 0 Å². The number of carbonyl (C=O) groups excluding carboxylic acids is 1. The number of nitro benzene ring substituents is 1. The van der Waals surface area contributed by atoms with Crippen molar-refractivity contribution in [2.24, 2.45) is 0 Å². The van der Waals surface area contributed by atoms with Crippen LogP contribution in [0, 0.1) is 10.1 Å². The van der Waals surface area contributed by atoms with Crippen molar-refractivity contribution in [3.63, 3.8) is 0 Å². The minimum Gasteiger partial charge on any atom is -0.437 e. The molecule has 1 aromatic carbocycles. The molecular weight excluding hydrogens is 490 g/mol. The Balaban J connectivity index is 3.16. The maximum absolute atomic E-state index is 11.5. The molecule has 7 N–H and O–H groups in total. The lowest BCUT2D eigenvalue weighted by Crippen LogP contribution is -2.52. The topological polar surface area (TPSA) is 176 Å². The molecule has 1 unspecified atom stereocenters. The second kappa shape index (κ2) is 19.1. The van der Waals surface area contributed by atoms with Gasteiger partial charge in [-0.1, -0.05) is 12.1 Å². The van der Waals surface area contributed by atoms with Gasteiger partial charge in [0.1, 0.15) is 0 Å². The van der Waals surface area contributed by atoms with Crippen LogP contribution in [0.15, 0.2) is 24.3 Å². The summed E-state index contributed by atoms with van der Waals surface area (Å²) in [5.41, 5.74) is 0.974. The molecule has 210 valence electrons. The van der Waals surface area contributed by atoms with Gasteiger partial charge in [0.25, 0.3) is 5.69 Å². The van der Waals surface area contributed by atoms with Gasteiger partial charge in [0.05, 0.1) is 4.92 Å². The highest BCUT2D eigenvalue weighted by molar-refractivity contribution is 6.57. The van der Waals surface area contributed by atoms with Gasteiger partial charge in [-0.2, -0.15) is 0 Å². The molecule has 0 fully saturated rings. The Morgan fingerprint density at radius 2 is 1.39 bits per heavy atom. The van der Waals surface area contributed by atoms with Gasteiger partial charge in [0, 0.05) is 57.4 Å². The molecule has 17 heteroatoms. The summed E-state index contributed by atoms with van der Waals surface area (Å²) in [6, 6.07) is 6.50. The normalized spacial score (nSPS) is 12.0. The van der Waals surface area contributed by atoms with Crippen LogP contribution in [0.2, 0.25) is 20.5 Å². The Kier molecular flexibility index (Phi) is 17.2. The van der Waals surface area contributed by atoms with Crippen molar-refractivity contribution in [1.82, 2.24) is 30.8 Å². The van der Waals surface area contributed by atoms with Gasteiger partial charge in [-0.25, -0.2) is 0 Å². The third-order valence-electron chi connectivity index (χ3n) is 5.95. The molecule has 0 heterocycles. The highest BCUT2D eigenvalue weighted by Crippen LogP contribution is 2.16. The van der Waals surface area contributed by atoms with Crippen LogP contribution in [0.25, 0.3) is 0 Å². The Bertz CT molecular complexity index is 797. The van der Waals surface area contributed by atoms with E-state index in [1.165, 1.54) is 20.0 Å². The van der Waals surface area contributed by atoms with Crippen LogP contribution in [-0.4, -0.2) is 130 Å². The minimum absolute atomic E-state index is 0.0286. The standard InChI is InChI=1S/C21H43B4N7O6/c1-23(34)27-9-12-30(13-10-28-24(2)35)17-20(16-18-4-6-19(7-5-18)32(37)38)31(14-8-26-21(22)33)15-11-29-25(3)36/h4-7,20,27-29,34-36H,8-17,22H2,1-3H3,(H,26,33). The molecule has 1 atom stereocenters. The van der Waals surface area contributed by atoms with Gasteiger partial charge in [0.2, 0.25) is 7.85 Å². The molecule has 1 rings (SSSR count). The lowest BCUT2D eigenvalue weighted by atomic mass is 9.89. The first kappa shape index (κ1) is 34.1.